The Morgan fingerprint density at radius 2 is 2.43 bits per heavy atom. The van der Waals surface area contributed by atoms with Gasteiger partial charge in [0.15, 0.2) is 5.78 Å². The zero-order valence-corrected chi connectivity index (χ0v) is 8.82. The Balaban J connectivity index is 2.83. The van der Waals surface area contributed by atoms with E-state index in [-0.39, 0.29) is 11.8 Å². The summed E-state index contributed by atoms with van der Waals surface area (Å²) in [6.45, 7) is 4.60. The number of aromatic nitrogens is 3. The van der Waals surface area contributed by atoms with Crippen LogP contribution in [0.3, 0.4) is 0 Å². The number of rotatable bonds is 5. The predicted molar refractivity (Wildman–Crippen MR) is 53.2 cm³/mol. The quantitative estimate of drug-likeness (QED) is 0.696. The van der Waals surface area contributed by atoms with Crippen LogP contribution in [0, 0.1) is 0 Å². The van der Waals surface area contributed by atoms with Crippen LogP contribution in [0.2, 0.25) is 0 Å². The molecular formula is C9H16N4O. The van der Waals surface area contributed by atoms with Gasteiger partial charge in [-0.05, 0) is 20.4 Å². The number of carbonyl (C=O) groups is 1. The van der Waals surface area contributed by atoms with Gasteiger partial charge in [0.1, 0.15) is 5.69 Å². The lowest BCUT2D eigenvalue weighted by Crippen LogP contribution is -2.32. The average molecular weight is 196 g/mol. The summed E-state index contributed by atoms with van der Waals surface area (Å²) in [6.07, 6.45) is 2.46. The van der Waals surface area contributed by atoms with Gasteiger partial charge >= 0.3 is 0 Å². The number of aryl methyl sites for hydroxylation is 1. The van der Waals surface area contributed by atoms with E-state index in [1.165, 1.54) is 6.20 Å². The van der Waals surface area contributed by atoms with E-state index in [0.29, 0.717) is 5.69 Å². The minimum absolute atomic E-state index is 0.0333. The lowest BCUT2D eigenvalue weighted by Gasteiger charge is -2.09. The molecule has 0 saturated carbocycles. The molecule has 0 fully saturated rings. The molecule has 0 radical (unpaired) electrons. The van der Waals surface area contributed by atoms with Gasteiger partial charge in [0.25, 0.3) is 0 Å². The minimum atomic E-state index is -0.191. The second-order valence-corrected chi connectivity index (χ2v) is 3.22. The molecule has 0 aromatic carbocycles. The van der Waals surface area contributed by atoms with Crippen molar-refractivity contribution in [3.63, 3.8) is 0 Å². The van der Waals surface area contributed by atoms with Gasteiger partial charge < -0.3 is 5.32 Å². The van der Waals surface area contributed by atoms with E-state index in [9.17, 15) is 4.79 Å². The van der Waals surface area contributed by atoms with Gasteiger partial charge in [-0.1, -0.05) is 12.1 Å². The van der Waals surface area contributed by atoms with Crippen molar-refractivity contribution in [3.8, 4) is 0 Å². The van der Waals surface area contributed by atoms with Gasteiger partial charge in [-0.3, -0.25) is 4.79 Å². The standard InChI is InChI=1S/C9H16N4O/c1-4-5-13-8(6-11-12-13)9(14)7(2)10-3/h6-7,10H,4-5H2,1-3H3. The van der Waals surface area contributed by atoms with E-state index < -0.39 is 0 Å². The van der Waals surface area contributed by atoms with Crippen LogP contribution in [0.1, 0.15) is 30.8 Å². The molecule has 1 aromatic rings. The van der Waals surface area contributed by atoms with Gasteiger partial charge in [0, 0.05) is 6.54 Å². The first kappa shape index (κ1) is 10.8. The maximum atomic E-state index is 11.8. The Morgan fingerprint density at radius 3 is 3.00 bits per heavy atom. The molecule has 1 aromatic heterocycles. The number of carbonyl (C=O) groups excluding carboxylic acids is 1. The summed E-state index contributed by atoms with van der Waals surface area (Å²) in [5, 5.41) is 10.5. The average Bonchev–Trinajstić information content (AvgIpc) is 2.64. The number of hydrogen-bond acceptors (Lipinski definition) is 4. The molecule has 14 heavy (non-hydrogen) atoms. The second-order valence-electron chi connectivity index (χ2n) is 3.22. The maximum Gasteiger partial charge on any atom is 0.199 e. The molecule has 1 N–H and O–H groups in total. The summed E-state index contributed by atoms with van der Waals surface area (Å²) >= 11 is 0. The lowest BCUT2D eigenvalue weighted by atomic mass is 10.1. The van der Waals surface area contributed by atoms with Gasteiger partial charge in [-0.15, -0.1) is 5.10 Å². The SMILES string of the molecule is CCCn1nncc1C(=O)C(C)NC. The van der Waals surface area contributed by atoms with Crippen molar-refractivity contribution in [2.45, 2.75) is 32.9 Å². The van der Waals surface area contributed by atoms with Crippen molar-refractivity contribution in [1.29, 1.82) is 0 Å². The highest BCUT2D eigenvalue weighted by atomic mass is 16.1. The maximum absolute atomic E-state index is 11.8. The van der Waals surface area contributed by atoms with Crippen molar-refractivity contribution in [1.82, 2.24) is 20.3 Å². The normalized spacial score (nSPS) is 12.8. The molecule has 0 amide bonds. The Morgan fingerprint density at radius 1 is 1.71 bits per heavy atom. The summed E-state index contributed by atoms with van der Waals surface area (Å²) in [5.41, 5.74) is 0.578. The van der Waals surface area contributed by atoms with E-state index in [1.807, 2.05) is 13.8 Å². The molecule has 0 saturated heterocycles. The zero-order chi connectivity index (χ0) is 10.6. The van der Waals surface area contributed by atoms with E-state index >= 15 is 0 Å². The molecule has 0 aliphatic carbocycles. The number of Topliss-reactive ketones (excluding diaryl/α,β-unsaturated/α-hetero) is 1. The van der Waals surface area contributed by atoms with Crippen LogP contribution in [0.15, 0.2) is 6.20 Å². The first-order chi connectivity index (χ1) is 6.70. The van der Waals surface area contributed by atoms with Crippen LogP contribution in [0.4, 0.5) is 0 Å². The van der Waals surface area contributed by atoms with Gasteiger partial charge in [-0.25, -0.2) is 4.68 Å². The van der Waals surface area contributed by atoms with Crippen molar-refractivity contribution >= 4 is 5.78 Å². The lowest BCUT2D eigenvalue weighted by molar-refractivity contribution is 0.0944. The molecule has 1 rings (SSSR count). The number of hydrogen-bond donors (Lipinski definition) is 1. The highest BCUT2D eigenvalue weighted by Gasteiger charge is 2.17. The van der Waals surface area contributed by atoms with E-state index in [4.69, 9.17) is 0 Å². The molecule has 0 aliphatic heterocycles. The third kappa shape index (κ3) is 2.17. The fourth-order valence-electron chi connectivity index (χ4n) is 1.18. The molecular weight excluding hydrogens is 180 g/mol. The van der Waals surface area contributed by atoms with Crippen LogP contribution in [0.5, 0.6) is 0 Å². The Labute approximate surface area is 83.5 Å². The third-order valence-electron chi connectivity index (χ3n) is 2.13. The smallest absolute Gasteiger partial charge is 0.199 e. The van der Waals surface area contributed by atoms with E-state index in [2.05, 4.69) is 15.6 Å². The first-order valence-electron chi connectivity index (χ1n) is 4.80. The summed E-state index contributed by atoms with van der Waals surface area (Å²) in [7, 11) is 1.76. The number of nitrogens with zero attached hydrogens (tertiary/aromatic N) is 3. The van der Waals surface area contributed by atoms with Crippen molar-refractivity contribution < 1.29 is 4.79 Å². The zero-order valence-electron chi connectivity index (χ0n) is 8.82. The summed E-state index contributed by atoms with van der Waals surface area (Å²) < 4.78 is 1.65. The van der Waals surface area contributed by atoms with Crippen LogP contribution in [-0.4, -0.2) is 33.9 Å². The van der Waals surface area contributed by atoms with Crippen molar-refractivity contribution in [2.24, 2.45) is 0 Å². The minimum Gasteiger partial charge on any atom is -0.310 e. The molecule has 5 nitrogen and oxygen atoms in total. The van der Waals surface area contributed by atoms with Gasteiger partial charge in [0.05, 0.1) is 12.2 Å². The third-order valence-corrected chi connectivity index (χ3v) is 2.13. The fraction of sp³-hybridized carbons (Fsp3) is 0.667. The van der Waals surface area contributed by atoms with Crippen LogP contribution in [0.25, 0.3) is 0 Å². The summed E-state index contributed by atoms with van der Waals surface area (Å²) in [4.78, 5) is 11.8. The Bertz CT molecular complexity index is 308. The topological polar surface area (TPSA) is 59.8 Å². The van der Waals surface area contributed by atoms with Crippen molar-refractivity contribution in [3.05, 3.63) is 11.9 Å². The summed E-state index contributed by atoms with van der Waals surface area (Å²) in [5.74, 6) is 0.0333. The highest BCUT2D eigenvalue weighted by Crippen LogP contribution is 2.02. The van der Waals surface area contributed by atoms with Gasteiger partial charge in [-0.2, -0.15) is 0 Å². The van der Waals surface area contributed by atoms with Crippen LogP contribution in [-0.2, 0) is 6.54 Å². The molecule has 0 spiro atoms. The predicted octanol–water partition coefficient (Wildman–Crippen LogP) is 0.479. The van der Waals surface area contributed by atoms with Crippen molar-refractivity contribution in [2.75, 3.05) is 7.05 Å². The highest BCUT2D eigenvalue weighted by molar-refractivity contribution is 5.98. The summed E-state index contributed by atoms with van der Waals surface area (Å²) in [6, 6.07) is -0.191. The van der Waals surface area contributed by atoms with E-state index in [0.717, 1.165) is 13.0 Å². The number of ketones is 1. The number of likely N-dealkylation sites (N-methyl/N-ethyl adjacent to an activating group) is 1. The molecule has 1 unspecified atom stereocenters. The van der Waals surface area contributed by atoms with E-state index in [1.54, 1.807) is 11.7 Å². The fourth-order valence-corrected chi connectivity index (χ4v) is 1.18. The molecule has 78 valence electrons. The van der Waals surface area contributed by atoms with Crippen LogP contribution < -0.4 is 5.32 Å². The van der Waals surface area contributed by atoms with Crippen LogP contribution >= 0.6 is 0 Å². The Kier molecular flexibility index (Phi) is 3.76. The first-order valence-corrected chi connectivity index (χ1v) is 4.80. The largest absolute Gasteiger partial charge is 0.310 e. The molecule has 0 bridgehead atoms. The monoisotopic (exact) mass is 196 g/mol. The molecule has 0 aliphatic rings. The second kappa shape index (κ2) is 4.85. The van der Waals surface area contributed by atoms with Gasteiger partial charge in [0.2, 0.25) is 0 Å². The molecule has 1 atom stereocenters. The molecule has 1 heterocycles. The Hall–Kier alpha value is -1.23. The molecule has 5 heteroatoms. The number of nitrogens with one attached hydrogen (secondary N) is 1.